The van der Waals surface area contributed by atoms with Crippen LogP contribution in [0.1, 0.15) is 16.7 Å². The summed E-state index contributed by atoms with van der Waals surface area (Å²) in [6.07, 6.45) is 1.72. The number of hydrogen-bond acceptors (Lipinski definition) is 2. The first-order valence-electron chi connectivity index (χ1n) is 8.14. The summed E-state index contributed by atoms with van der Waals surface area (Å²) in [4.78, 5) is 0. The third-order valence-corrected chi connectivity index (χ3v) is 5.13. The molecule has 0 spiro atoms. The van der Waals surface area contributed by atoms with Crippen molar-refractivity contribution in [3.8, 4) is 0 Å². The molecule has 0 radical (unpaired) electrons. The quantitative estimate of drug-likeness (QED) is 0.467. The van der Waals surface area contributed by atoms with E-state index in [1.54, 1.807) is 23.0 Å². The number of thiocarbonyl (C=S) groups is 1. The summed E-state index contributed by atoms with van der Waals surface area (Å²) in [7, 11) is 0. The number of aryl methyl sites for hydroxylation is 2. The zero-order chi connectivity index (χ0) is 19.6. The number of hydrogen-bond donors (Lipinski definition) is 2. The highest BCUT2D eigenvalue weighted by Gasteiger charge is 2.11. The van der Waals surface area contributed by atoms with Crippen LogP contribution in [0.15, 0.2) is 42.6 Å². The Labute approximate surface area is 178 Å². The number of aromatic nitrogens is 2. The normalized spacial score (nSPS) is 10.7. The Morgan fingerprint density at radius 2 is 1.78 bits per heavy atom. The van der Waals surface area contributed by atoms with Gasteiger partial charge in [0.1, 0.15) is 5.02 Å². The average Bonchev–Trinajstić information content (AvgIpc) is 2.93. The van der Waals surface area contributed by atoms with Gasteiger partial charge in [-0.1, -0.05) is 46.9 Å². The highest BCUT2D eigenvalue weighted by Crippen LogP contribution is 2.24. The first-order chi connectivity index (χ1) is 12.8. The van der Waals surface area contributed by atoms with Gasteiger partial charge in [0.15, 0.2) is 10.9 Å². The van der Waals surface area contributed by atoms with Gasteiger partial charge in [-0.25, -0.2) is 0 Å². The second-order valence-electron chi connectivity index (χ2n) is 6.14. The second-order valence-corrected chi connectivity index (χ2v) is 7.80. The van der Waals surface area contributed by atoms with Crippen molar-refractivity contribution in [2.24, 2.45) is 0 Å². The van der Waals surface area contributed by atoms with Crippen LogP contribution in [0.25, 0.3) is 0 Å². The van der Waals surface area contributed by atoms with Crippen molar-refractivity contribution in [3.63, 3.8) is 0 Å². The fourth-order valence-corrected chi connectivity index (χ4v) is 3.36. The first-order valence-corrected chi connectivity index (χ1v) is 9.68. The number of benzene rings is 2. The van der Waals surface area contributed by atoms with Gasteiger partial charge in [0.2, 0.25) is 0 Å². The van der Waals surface area contributed by atoms with Crippen LogP contribution in [0.5, 0.6) is 0 Å². The Morgan fingerprint density at radius 1 is 1.00 bits per heavy atom. The fraction of sp³-hybridized carbons (Fsp3) is 0.158. The van der Waals surface area contributed by atoms with E-state index in [2.05, 4.69) is 29.6 Å². The molecule has 2 aromatic carbocycles. The Morgan fingerprint density at radius 3 is 2.48 bits per heavy atom. The standard InChI is InChI=1S/C19H17Cl3N4S/c1-11-3-6-15(7-12(11)2)23-19(27)24-18-17(22)10-26(25-18)9-13-4-5-14(20)8-16(13)21/h3-8,10H,9H2,1-2H3,(H2,23,24,25,27). The molecule has 0 fully saturated rings. The van der Waals surface area contributed by atoms with Crippen LogP contribution in [0, 0.1) is 13.8 Å². The van der Waals surface area contributed by atoms with E-state index >= 15 is 0 Å². The van der Waals surface area contributed by atoms with Gasteiger partial charge in [0, 0.05) is 21.9 Å². The van der Waals surface area contributed by atoms with Crippen molar-refractivity contribution in [1.82, 2.24) is 9.78 Å². The van der Waals surface area contributed by atoms with Gasteiger partial charge in [-0.15, -0.1) is 0 Å². The minimum Gasteiger partial charge on any atom is -0.332 e. The van der Waals surface area contributed by atoms with Crippen LogP contribution in [-0.2, 0) is 6.54 Å². The van der Waals surface area contributed by atoms with Crippen LogP contribution in [0.2, 0.25) is 15.1 Å². The molecule has 0 aliphatic rings. The number of anilines is 2. The van der Waals surface area contributed by atoms with E-state index in [1.165, 1.54) is 11.1 Å². The Hall–Kier alpha value is -1.79. The summed E-state index contributed by atoms with van der Waals surface area (Å²) >= 11 is 23.8. The zero-order valence-corrected chi connectivity index (χ0v) is 17.8. The predicted octanol–water partition coefficient (Wildman–Crippen LogP) is 6.32. The Balaban J connectivity index is 1.68. The maximum atomic E-state index is 6.28. The predicted molar refractivity (Wildman–Crippen MR) is 119 cm³/mol. The van der Waals surface area contributed by atoms with Crippen LogP contribution in [0.4, 0.5) is 11.5 Å². The van der Waals surface area contributed by atoms with E-state index in [-0.39, 0.29) is 0 Å². The molecule has 140 valence electrons. The van der Waals surface area contributed by atoms with Crippen LogP contribution >= 0.6 is 47.0 Å². The van der Waals surface area contributed by atoms with Crippen molar-refractivity contribution in [3.05, 3.63) is 74.4 Å². The third-order valence-electron chi connectivity index (χ3n) is 4.06. The molecule has 0 saturated heterocycles. The molecule has 3 rings (SSSR count). The monoisotopic (exact) mass is 438 g/mol. The SMILES string of the molecule is Cc1ccc(NC(=S)Nc2nn(Cc3ccc(Cl)cc3Cl)cc2Cl)cc1C. The molecule has 3 aromatic rings. The lowest BCUT2D eigenvalue weighted by Gasteiger charge is -2.10. The molecule has 2 N–H and O–H groups in total. The lowest BCUT2D eigenvalue weighted by atomic mass is 10.1. The zero-order valence-electron chi connectivity index (χ0n) is 14.7. The van der Waals surface area contributed by atoms with Gasteiger partial charge in [0.05, 0.1) is 6.54 Å². The number of halogens is 3. The molecule has 1 heterocycles. The molecule has 0 saturated carbocycles. The van der Waals surface area contributed by atoms with Crippen LogP contribution < -0.4 is 10.6 Å². The number of rotatable bonds is 4. The molecule has 0 amide bonds. The van der Waals surface area contributed by atoms with E-state index in [0.717, 1.165) is 11.3 Å². The highest BCUT2D eigenvalue weighted by molar-refractivity contribution is 7.80. The Bertz CT molecular complexity index is 1000. The molecule has 0 unspecified atom stereocenters. The van der Waals surface area contributed by atoms with Gasteiger partial charge in [-0.2, -0.15) is 5.10 Å². The summed E-state index contributed by atoms with van der Waals surface area (Å²) in [6, 6.07) is 11.4. The van der Waals surface area contributed by atoms with E-state index in [1.807, 2.05) is 24.3 Å². The van der Waals surface area contributed by atoms with E-state index in [9.17, 15) is 0 Å². The van der Waals surface area contributed by atoms with Gasteiger partial charge < -0.3 is 10.6 Å². The van der Waals surface area contributed by atoms with Crippen LogP contribution in [-0.4, -0.2) is 14.9 Å². The largest absolute Gasteiger partial charge is 0.332 e. The summed E-state index contributed by atoms with van der Waals surface area (Å²) in [5.41, 5.74) is 4.20. The van der Waals surface area contributed by atoms with E-state index in [4.69, 9.17) is 47.0 Å². The van der Waals surface area contributed by atoms with Crippen molar-refractivity contribution in [1.29, 1.82) is 0 Å². The maximum Gasteiger partial charge on any atom is 0.176 e. The van der Waals surface area contributed by atoms with Crippen molar-refractivity contribution in [2.75, 3.05) is 10.6 Å². The average molecular weight is 440 g/mol. The number of nitrogens with zero attached hydrogens (tertiary/aromatic N) is 2. The van der Waals surface area contributed by atoms with Crippen LogP contribution in [0.3, 0.4) is 0 Å². The second kappa shape index (κ2) is 8.48. The molecular weight excluding hydrogens is 423 g/mol. The first kappa shape index (κ1) is 20.0. The lowest BCUT2D eigenvalue weighted by molar-refractivity contribution is 0.690. The third kappa shape index (κ3) is 5.14. The van der Waals surface area contributed by atoms with Gasteiger partial charge >= 0.3 is 0 Å². The summed E-state index contributed by atoms with van der Waals surface area (Å²) in [5, 5.41) is 12.6. The summed E-state index contributed by atoms with van der Waals surface area (Å²) in [5.74, 6) is 0.475. The minimum absolute atomic E-state index is 0.412. The van der Waals surface area contributed by atoms with E-state index < -0.39 is 0 Å². The molecule has 0 aliphatic heterocycles. The highest BCUT2D eigenvalue weighted by atomic mass is 35.5. The van der Waals surface area contributed by atoms with Crippen molar-refractivity contribution >= 4 is 63.6 Å². The maximum absolute atomic E-state index is 6.28. The number of nitrogens with one attached hydrogen (secondary N) is 2. The summed E-state index contributed by atoms with van der Waals surface area (Å²) < 4.78 is 1.69. The molecular formula is C19H17Cl3N4S. The summed E-state index contributed by atoms with van der Waals surface area (Å²) in [6.45, 7) is 4.58. The van der Waals surface area contributed by atoms with E-state index in [0.29, 0.717) is 32.5 Å². The van der Waals surface area contributed by atoms with Gasteiger partial charge in [-0.3, -0.25) is 4.68 Å². The van der Waals surface area contributed by atoms with Gasteiger partial charge in [-0.05, 0) is 67.0 Å². The molecule has 4 nitrogen and oxygen atoms in total. The fourth-order valence-electron chi connectivity index (χ4n) is 2.48. The molecule has 0 aliphatic carbocycles. The topological polar surface area (TPSA) is 41.9 Å². The molecule has 27 heavy (non-hydrogen) atoms. The molecule has 0 atom stereocenters. The molecule has 1 aromatic heterocycles. The lowest BCUT2D eigenvalue weighted by Crippen LogP contribution is -2.20. The molecule has 0 bridgehead atoms. The molecule has 8 heteroatoms. The van der Waals surface area contributed by atoms with Crippen molar-refractivity contribution in [2.45, 2.75) is 20.4 Å². The van der Waals surface area contributed by atoms with Crippen molar-refractivity contribution < 1.29 is 0 Å². The smallest absolute Gasteiger partial charge is 0.176 e. The minimum atomic E-state index is 0.412. The Kier molecular flexibility index (Phi) is 6.27. The van der Waals surface area contributed by atoms with Gasteiger partial charge in [0.25, 0.3) is 0 Å².